The molecule has 2 nitrogen and oxygen atoms in total. The molecule has 4 spiro atoms. The number of alkyl halides is 2. The first-order chi connectivity index (χ1) is 30.6. The summed E-state index contributed by atoms with van der Waals surface area (Å²) < 4.78 is 31.6. The van der Waals surface area contributed by atoms with Crippen molar-refractivity contribution in [3.05, 3.63) is 0 Å². The second-order valence-corrected chi connectivity index (χ2v) is 24.8. The van der Waals surface area contributed by atoms with Crippen LogP contribution in [0.5, 0.6) is 0 Å². The molecule has 4 heteroatoms. The van der Waals surface area contributed by atoms with Crippen LogP contribution in [-0.4, -0.2) is 23.9 Å². The second-order valence-electron chi connectivity index (χ2n) is 24.8. The van der Waals surface area contributed by atoms with E-state index < -0.39 is 34.0 Å². The maximum absolute atomic E-state index is 15.8. The van der Waals surface area contributed by atoms with Crippen LogP contribution in [0.1, 0.15) is 278 Å². The van der Waals surface area contributed by atoms with Crippen molar-refractivity contribution in [1.29, 1.82) is 0 Å². The minimum Gasteiger partial charge on any atom is -0.298 e. The minimum atomic E-state index is -0.839. The van der Waals surface area contributed by atoms with Crippen LogP contribution >= 0.6 is 0 Å². The molecule has 0 bridgehead atoms. The lowest BCUT2D eigenvalue weighted by atomic mass is 9.41. The molecule has 362 valence electrons. The maximum atomic E-state index is 15.8. The zero-order valence-corrected chi connectivity index (χ0v) is 41.9. The van der Waals surface area contributed by atoms with Crippen LogP contribution in [0.2, 0.25) is 0 Å². The number of carbonyl (C=O) groups excluding carboxylic acids is 2. The zero-order chi connectivity index (χ0) is 44.5. The van der Waals surface area contributed by atoms with Gasteiger partial charge in [0.05, 0.1) is 21.7 Å². The van der Waals surface area contributed by atoms with Gasteiger partial charge in [0.2, 0.25) is 0 Å². The van der Waals surface area contributed by atoms with E-state index >= 15 is 8.78 Å². The van der Waals surface area contributed by atoms with Crippen molar-refractivity contribution < 1.29 is 18.4 Å². The summed E-state index contributed by atoms with van der Waals surface area (Å²) >= 11 is 0. The van der Waals surface area contributed by atoms with Crippen molar-refractivity contribution in [1.82, 2.24) is 0 Å². The molecule has 0 aromatic rings. The average Bonchev–Trinajstić information content (AvgIpc) is 3.34. The Kier molecular flexibility index (Phi) is 18.3. The zero-order valence-electron chi connectivity index (χ0n) is 41.9. The molecule has 0 amide bonds. The highest BCUT2D eigenvalue weighted by Crippen LogP contribution is 2.68. The molecule has 0 aliphatic heterocycles. The molecule has 2 atom stereocenters. The first kappa shape index (κ1) is 50.1. The highest BCUT2D eigenvalue weighted by atomic mass is 19.1. The number of hydrogen-bond acceptors (Lipinski definition) is 2. The smallest absolute Gasteiger partial charge is 0.151 e. The second kappa shape index (κ2) is 23.0. The monoisotopic (exact) mass is 879 g/mol. The number of Topliss-reactive ketones (excluding diaryl/α,β-unsaturated/α-hetero) is 2. The topological polar surface area (TPSA) is 34.1 Å². The number of unbranched alkanes of at least 4 members (excludes halogenated alkanes) is 7. The molecule has 63 heavy (non-hydrogen) atoms. The number of halogens is 2. The van der Waals surface area contributed by atoms with Crippen molar-refractivity contribution in [2.24, 2.45) is 69.0 Å². The predicted molar refractivity (Wildman–Crippen MR) is 260 cm³/mol. The molecule has 0 aromatic carbocycles. The van der Waals surface area contributed by atoms with Gasteiger partial charge in [-0.2, -0.15) is 0 Å². The highest BCUT2D eigenvalue weighted by molar-refractivity contribution is 5.99. The molecule has 0 heterocycles. The van der Waals surface area contributed by atoms with Crippen molar-refractivity contribution in [2.75, 3.05) is 0 Å². The largest absolute Gasteiger partial charge is 0.298 e. The molecule has 8 aliphatic carbocycles. The summed E-state index contributed by atoms with van der Waals surface area (Å²) in [6.45, 7) is 9.11. The van der Waals surface area contributed by atoms with E-state index in [4.69, 9.17) is 0 Å². The van der Waals surface area contributed by atoms with Crippen LogP contribution in [0, 0.1) is 69.0 Å². The van der Waals surface area contributed by atoms with Gasteiger partial charge < -0.3 is 0 Å². The number of rotatable bonds is 17. The summed E-state index contributed by atoms with van der Waals surface area (Å²) in [4.78, 5) is 27.0. The maximum Gasteiger partial charge on any atom is 0.151 e. The Labute approximate surface area is 388 Å². The third kappa shape index (κ3) is 10.6. The standard InChI is InChI=1S/C30H51FO.C29H49FO/c1-3-5-7-8-10-24-15-19-29(20-16-24)27(31)30(28(29)32)21-17-26(18-22-30)25-13-11-23(12-14-25)9-6-4-2;1-3-5-7-9-23-14-18-28(19-15-23)26(30)29(27(28)31)20-16-25(17-21-29)24-12-10-22(11-13-24)8-6-4-2/h23-27H,3-22H2,1-2H3;22-26H,3-21H2,1-2H3/t23?,24-,25?,26?,27-,29+,30?;22?,23?,24?,25-,26-,28-,29+/m11/s1. The SMILES string of the molecule is CCCCCC1CC[C@]2(CC1)C(=O)[C@@]1(CC[C@H](C3CCC(CCCC)CC3)CC1)[C@@H]2F.CCCCCC[C@H]1CC[C@]2(CC1)C(=O)C1(CCC(C3CCC(CCCC)CC3)CC1)[C@@H]2F. The van der Waals surface area contributed by atoms with E-state index in [-0.39, 0.29) is 0 Å². The Morgan fingerprint density at radius 1 is 0.333 bits per heavy atom. The van der Waals surface area contributed by atoms with Gasteiger partial charge in [0.25, 0.3) is 0 Å². The van der Waals surface area contributed by atoms with Gasteiger partial charge >= 0.3 is 0 Å². The Bertz CT molecular complexity index is 1370. The Hall–Kier alpha value is -0.800. The molecule has 0 unspecified atom stereocenters. The Morgan fingerprint density at radius 3 is 0.905 bits per heavy atom. The minimum absolute atomic E-state index is 0.362. The average molecular weight is 879 g/mol. The van der Waals surface area contributed by atoms with Crippen molar-refractivity contribution in [3.63, 3.8) is 0 Å². The summed E-state index contributed by atoms with van der Waals surface area (Å²) in [5.74, 6) is 7.40. The summed E-state index contributed by atoms with van der Waals surface area (Å²) in [5.41, 5.74) is -2.26. The predicted octanol–water partition coefficient (Wildman–Crippen LogP) is 18.1. The molecule has 8 rings (SSSR count). The van der Waals surface area contributed by atoms with Crippen LogP contribution < -0.4 is 0 Å². The fourth-order valence-corrected chi connectivity index (χ4v) is 16.9. The lowest BCUT2D eigenvalue weighted by molar-refractivity contribution is -0.194. The van der Waals surface area contributed by atoms with Crippen LogP contribution in [0.15, 0.2) is 0 Å². The fourth-order valence-electron chi connectivity index (χ4n) is 16.9. The molecule has 0 saturated heterocycles. The van der Waals surface area contributed by atoms with E-state index in [2.05, 4.69) is 27.7 Å². The van der Waals surface area contributed by atoms with E-state index in [1.54, 1.807) is 0 Å². The molecule has 8 fully saturated rings. The summed E-state index contributed by atoms with van der Waals surface area (Å²) in [6.07, 6.45) is 45.3. The van der Waals surface area contributed by atoms with Gasteiger partial charge in [-0.3, -0.25) is 9.59 Å². The van der Waals surface area contributed by atoms with E-state index in [1.807, 2.05) is 0 Å². The quantitative estimate of drug-likeness (QED) is 0.136. The molecule has 0 radical (unpaired) electrons. The highest BCUT2D eigenvalue weighted by Gasteiger charge is 2.73. The number of carbonyl (C=O) groups is 2. The molecule has 0 aromatic heterocycles. The van der Waals surface area contributed by atoms with Gasteiger partial charge in [0.15, 0.2) is 11.6 Å². The van der Waals surface area contributed by atoms with Crippen molar-refractivity contribution >= 4 is 11.6 Å². The number of hydrogen-bond donors (Lipinski definition) is 0. The Balaban J connectivity index is 0.000000189. The normalized spacial score (nSPS) is 42.8. The fraction of sp³-hybridized carbons (Fsp3) is 0.966. The van der Waals surface area contributed by atoms with E-state index in [1.165, 1.54) is 148 Å². The lowest BCUT2D eigenvalue weighted by Crippen LogP contribution is -2.69. The summed E-state index contributed by atoms with van der Waals surface area (Å²) in [6, 6.07) is 0. The van der Waals surface area contributed by atoms with Crippen LogP contribution in [0.4, 0.5) is 8.78 Å². The summed E-state index contributed by atoms with van der Waals surface area (Å²) in [5, 5.41) is 0. The van der Waals surface area contributed by atoms with Gasteiger partial charge in [-0.25, -0.2) is 8.78 Å². The van der Waals surface area contributed by atoms with E-state index in [0.717, 1.165) is 150 Å². The van der Waals surface area contributed by atoms with Crippen molar-refractivity contribution in [3.8, 4) is 0 Å². The van der Waals surface area contributed by atoms with Gasteiger partial charge in [0, 0.05) is 0 Å². The molecule has 8 aliphatic rings. The van der Waals surface area contributed by atoms with Gasteiger partial charge in [0.1, 0.15) is 12.3 Å². The van der Waals surface area contributed by atoms with Gasteiger partial charge in [-0.1, -0.05) is 150 Å². The lowest BCUT2D eigenvalue weighted by Gasteiger charge is -2.61. The third-order valence-corrected chi connectivity index (χ3v) is 21.3. The van der Waals surface area contributed by atoms with E-state index in [0.29, 0.717) is 11.6 Å². The van der Waals surface area contributed by atoms with Crippen LogP contribution in [0.25, 0.3) is 0 Å². The molecular formula is C59H100F2O2. The first-order valence-corrected chi connectivity index (χ1v) is 29.0. The molecular weight excluding hydrogens is 779 g/mol. The van der Waals surface area contributed by atoms with Crippen molar-refractivity contribution in [2.45, 2.75) is 290 Å². The molecule has 8 saturated carbocycles. The van der Waals surface area contributed by atoms with Crippen LogP contribution in [0.3, 0.4) is 0 Å². The molecule has 0 N–H and O–H groups in total. The Morgan fingerprint density at radius 2 is 0.587 bits per heavy atom. The number of ketones is 2. The summed E-state index contributed by atoms with van der Waals surface area (Å²) in [7, 11) is 0. The first-order valence-electron chi connectivity index (χ1n) is 29.0. The van der Waals surface area contributed by atoms with E-state index in [9.17, 15) is 9.59 Å². The third-order valence-electron chi connectivity index (χ3n) is 21.3. The van der Waals surface area contributed by atoms with Gasteiger partial charge in [-0.05, 0) is 176 Å². The van der Waals surface area contributed by atoms with Gasteiger partial charge in [-0.15, -0.1) is 0 Å². The van der Waals surface area contributed by atoms with Crippen LogP contribution in [-0.2, 0) is 9.59 Å².